The summed E-state index contributed by atoms with van der Waals surface area (Å²) < 4.78 is 18.8. The molecule has 0 heterocycles. The molecule has 2 aromatic carbocycles. The van der Waals surface area contributed by atoms with Crippen LogP contribution < -0.4 is 4.74 Å². The number of rotatable bonds is 4. The summed E-state index contributed by atoms with van der Waals surface area (Å²) in [5, 5.41) is 8.96. The van der Waals surface area contributed by atoms with Gasteiger partial charge in [0, 0.05) is 0 Å². The number of aromatic carboxylic acids is 1. The first-order valence-electron chi connectivity index (χ1n) is 6.19. The number of hydrogen-bond acceptors (Lipinski definition) is 2. The maximum absolute atomic E-state index is 13.2. The number of benzene rings is 2. The van der Waals surface area contributed by atoms with Gasteiger partial charge in [0.1, 0.15) is 18.2 Å². The lowest BCUT2D eigenvalue weighted by atomic mass is 10.1. The van der Waals surface area contributed by atoms with E-state index in [4.69, 9.17) is 9.84 Å². The maximum atomic E-state index is 13.2. The Labute approximate surface area is 116 Å². The molecule has 0 aliphatic rings. The molecule has 0 aliphatic heterocycles. The molecule has 0 radical (unpaired) electrons. The highest BCUT2D eigenvalue weighted by Gasteiger charge is 2.08. The Balaban J connectivity index is 2.20. The number of hydrogen-bond donors (Lipinski definition) is 1. The van der Waals surface area contributed by atoms with E-state index in [0.29, 0.717) is 5.75 Å². The summed E-state index contributed by atoms with van der Waals surface area (Å²) in [5.74, 6) is -0.824. The van der Waals surface area contributed by atoms with E-state index >= 15 is 0 Å². The molecule has 20 heavy (non-hydrogen) atoms. The lowest BCUT2D eigenvalue weighted by Gasteiger charge is -2.11. The van der Waals surface area contributed by atoms with Crippen molar-refractivity contribution in [3.8, 4) is 5.75 Å². The fraction of sp³-hybridized carbons (Fsp3) is 0.188. The van der Waals surface area contributed by atoms with E-state index in [1.54, 1.807) is 12.1 Å². The van der Waals surface area contributed by atoms with Gasteiger partial charge in [-0.15, -0.1) is 0 Å². The van der Waals surface area contributed by atoms with Gasteiger partial charge in [-0.2, -0.15) is 0 Å². The summed E-state index contributed by atoms with van der Waals surface area (Å²) in [6, 6.07) is 9.21. The van der Waals surface area contributed by atoms with Gasteiger partial charge < -0.3 is 9.84 Å². The number of carbonyl (C=O) groups is 1. The van der Waals surface area contributed by atoms with Crippen LogP contribution in [0.5, 0.6) is 5.75 Å². The number of carboxylic acids is 1. The molecule has 0 spiro atoms. The Kier molecular flexibility index (Phi) is 4.03. The van der Waals surface area contributed by atoms with Crippen LogP contribution in [0.25, 0.3) is 0 Å². The lowest BCUT2D eigenvalue weighted by molar-refractivity contribution is 0.0696. The molecular weight excluding hydrogens is 259 g/mol. The molecule has 0 aliphatic carbocycles. The van der Waals surface area contributed by atoms with Gasteiger partial charge in [0.25, 0.3) is 0 Å². The fourth-order valence-electron chi connectivity index (χ4n) is 1.84. The molecule has 2 aromatic rings. The van der Waals surface area contributed by atoms with Crippen LogP contribution in [0.1, 0.15) is 27.0 Å². The molecule has 0 unspecified atom stereocenters. The fourth-order valence-corrected chi connectivity index (χ4v) is 1.84. The zero-order valence-electron chi connectivity index (χ0n) is 11.3. The van der Waals surface area contributed by atoms with Crippen LogP contribution in [-0.2, 0) is 6.61 Å². The first-order valence-corrected chi connectivity index (χ1v) is 6.19. The van der Waals surface area contributed by atoms with E-state index in [9.17, 15) is 9.18 Å². The van der Waals surface area contributed by atoms with E-state index in [1.807, 2.05) is 13.8 Å². The molecule has 0 saturated heterocycles. The second kappa shape index (κ2) is 5.74. The molecule has 0 atom stereocenters. The van der Waals surface area contributed by atoms with Gasteiger partial charge in [-0.3, -0.25) is 0 Å². The second-order valence-electron chi connectivity index (χ2n) is 4.64. The number of carboxylic acid groups (broad SMARTS) is 1. The van der Waals surface area contributed by atoms with Gasteiger partial charge in [0.15, 0.2) is 0 Å². The minimum Gasteiger partial charge on any atom is -0.489 e. The van der Waals surface area contributed by atoms with Crippen LogP contribution >= 0.6 is 0 Å². The summed E-state index contributed by atoms with van der Waals surface area (Å²) >= 11 is 0. The lowest BCUT2D eigenvalue weighted by Crippen LogP contribution is -2.02. The normalized spacial score (nSPS) is 10.3. The first-order chi connectivity index (χ1) is 9.47. The van der Waals surface area contributed by atoms with Crippen LogP contribution in [0.4, 0.5) is 4.39 Å². The van der Waals surface area contributed by atoms with Gasteiger partial charge in [-0.05, 0) is 54.8 Å². The quantitative estimate of drug-likeness (QED) is 0.924. The van der Waals surface area contributed by atoms with Gasteiger partial charge >= 0.3 is 5.97 Å². The van der Waals surface area contributed by atoms with Crippen LogP contribution in [0.3, 0.4) is 0 Å². The van der Waals surface area contributed by atoms with Crippen molar-refractivity contribution in [1.82, 2.24) is 0 Å². The van der Waals surface area contributed by atoms with E-state index in [-0.39, 0.29) is 18.0 Å². The Morgan fingerprint density at radius 3 is 2.55 bits per heavy atom. The molecule has 0 amide bonds. The zero-order valence-corrected chi connectivity index (χ0v) is 11.3. The number of aryl methyl sites for hydroxylation is 2. The molecule has 3 nitrogen and oxygen atoms in total. The van der Waals surface area contributed by atoms with Crippen molar-refractivity contribution in [3.63, 3.8) is 0 Å². The van der Waals surface area contributed by atoms with Gasteiger partial charge in [-0.25, -0.2) is 9.18 Å². The van der Waals surface area contributed by atoms with Crippen molar-refractivity contribution in [1.29, 1.82) is 0 Å². The summed E-state index contributed by atoms with van der Waals surface area (Å²) in [6.07, 6.45) is 0. The van der Waals surface area contributed by atoms with Crippen molar-refractivity contribution in [2.75, 3.05) is 0 Å². The molecule has 0 saturated carbocycles. The summed E-state index contributed by atoms with van der Waals surface area (Å²) in [7, 11) is 0. The Morgan fingerprint density at radius 1 is 1.15 bits per heavy atom. The third-order valence-corrected chi connectivity index (χ3v) is 3.13. The van der Waals surface area contributed by atoms with Gasteiger partial charge in [-0.1, -0.05) is 12.1 Å². The predicted octanol–water partition coefficient (Wildman–Crippen LogP) is 3.72. The van der Waals surface area contributed by atoms with E-state index in [2.05, 4.69) is 0 Å². The largest absolute Gasteiger partial charge is 0.489 e. The van der Waals surface area contributed by atoms with Crippen LogP contribution in [-0.4, -0.2) is 11.1 Å². The van der Waals surface area contributed by atoms with E-state index in [0.717, 1.165) is 16.7 Å². The Hall–Kier alpha value is -2.36. The molecule has 0 aromatic heterocycles. The van der Waals surface area contributed by atoms with Gasteiger partial charge in [0.05, 0.1) is 5.56 Å². The predicted molar refractivity (Wildman–Crippen MR) is 73.6 cm³/mol. The van der Waals surface area contributed by atoms with E-state index in [1.165, 1.54) is 24.3 Å². The smallest absolute Gasteiger partial charge is 0.335 e. The highest BCUT2D eigenvalue weighted by atomic mass is 19.1. The van der Waals surface area contributed by atoms with Crippen molar-refractivity contribution in [2.24, 2.45) is 0 Å². The molecule has 104 valence electrons. The maximum Gasteiger partial charge on any atom is 0.335 e. The standard InChI is InChI=1S/C16H15FO3/c1-10-4-6-14(17)7-13(10)9-20-15-8-12(16(18)19)5-3-11(15)2/h3-8H,9H2,1-2H3,(H,18,19). The third-order valence-electron chi connectivity index (χ3n) is 3.13. The van der Waals surface area contributed by atoms with Crippen molar-refractivity contribution in [3.05, 3.63) is 64.5 Å². The SMILES string of the molecule is Cc1ccc(F)cc1COc1cc(C(=O)O)ccc1C. The Bertz CT molecular complexity index is 650. The minimum atomic E-state index is -1.00. The van der Waals surface area contributed by atoms with Crippen molar-refractivity contribution in [2.45, 2.75) is 20.5 Å². The van der Waals surface area contributed by atoms with Crippen LogP contribution in [0.2, 0.25) is 0 Å². The molecular formula is C16H15FO3. The minimum absolute atomic E-state index is 0.168. The highest BCUT2D eigenvalue weighted by molar-refractivity contribution is 5.88. The Morgan fingerprint density at radius 2 is 1.85 bits per heavy atom. The van der Waals surface area contributed by atoms with Crippen LogP contribution in [0.15, 0.2) is 36.4 Å². The van der Waals surface area contributed by atoms with Crippen molar-refractivity contribution >= 4 is 5.97 Å². The molecule has 4 heteroatoms. The van der Waals surface area contributed by atoms with Crippen LogP contribution in [0, 0.1) is 19.7 Å². The first kappa shape index (κ1) is 14.1. The van der Waals surface area contributed by atoms with E-state index < -0.39 is 5.97 Å². The van der Waals surface area contributed by atoms with Gasteiger partial charge in [0.2, 0.25) is 0 Å². The summed E-state index contributed by atoms with van der Waals surface area (Å²) in [5.41, 5.74) is 2.68. The average Bonchev–Trinajstić information content (AvgIpc) is 2.41. The topological polar surface area (TPSA) is 46.5 Å². The summed E-state index contributed by atoms with van der Waals surface area (Å²) in [6.45, 7) is 3.91. The number of ether oxygens (including phenoxy) is 1. The second-order valence-corrected chi connectivity index (χ2v) is 4.64. The molecule has 1 N–H and O–H groups in total. The monoisotopic (exact) mass is 274 g/mol. The summed E-state index contributed by atoms with van der Waals surface area (Å²) in [4.78, 5) is 10.9. The molecule has 2 rings (SSSR count). The average molecular weight is 274 g/mol. The molecule has 0 bridgehead atoms. The zero-order chi connectivity index (χ0) is 14.7. The molecule has 0 fully saturated rings. The highest BCUT2D eigenvalue weighted by Crippen LogP contribution is 2.22. The number of halogens is 1. The van der Waals surface area contributed by atoms with Crippen molar-refractivity contribution < 1.29 is 19.0 Å². The third kappa shape index (κ3) is 3.15.